The minimum absolute atomic E-state index is 0.481. The number of hydrogen-bond acceptors (Lipinski definition) is 4. The average Bonchev–Trinajstić information content (AvgIpc) is 3.38. The van der Waals surface area contributed by atoms with Gasteiger partial charge in [0.15, 0.2) is 16.3 Å². The third kappa shape index (κ3) is 8.76. The topological polar surface area (TPSA) is 36.9 Å². The van der Waals surface area contributed by atoms with Crippen LogP contribution in [0.25, 0.3) is 33.4 Å². The lowest BCUT2D eigenvalue weighted by molar-refractivity contribution is 0.252. The van der Waals surface area contributed by atoms with Crippen molar-refractivity contribution in [3.05, 3.63) is 203 Å². The van der Waals surface area contributed by atoms with E-state index in [1.54, 1.807) is 0 Å². The summed E-state index contributed by atoms with van der Waals surface area (Å²) in [4.78, 5) is 0. The maximum atomic E-state index is 7.82. The van der Waals surface area contributed by atoms with Crippen LogP contribution >= 0.6 is 16.3 Å². The number of fused-ring (bicyclic) bond motifs is 3. The molecule has 0 fully saturated rings. The molecule has 1 aliphatic heterocycles. The molecule has 0 unspecified atom stereocenters. The quantitative estimate of drug-likeness (QED) is 0.128. The Morgan fingerprint density at radius 2 is 0.667 bits per heavy atom. The molecule has 0 amide bonds. The smallest absolute Gasteiger partial charge is 0.150 e. The van der Waals surface area contributed by atoms with Gasteiger partial charge in [-0.1, -0.05) is 157 Å². The molecule has 0 spiro atoms. The Morgan fingerprint density at radius 3 is 0.968 bits per heavy atom. The van der Waals surface area contributed by atoms with Crippen molar-refractivity contribution in [3.8, 4) is 56.4 Å². The van der Waals surface area contributed by atoms with Crippen LogP contribution in [0.15, 0.2) is 170 Å². The highest BCUT2D eigenvalue weighted by Crippen LogP contribution is 2.59. The highest BCUT2D eigenvalue weighted by atomic mass is 31.1. The van der Waals surface area contributed by atoms with Gasteiger partial charge >= 0.3 is 0 Å². The first-order valence-corrected chi connectivity index (χ1v) is 24.2. The molecule has 63 heavy (non-hydrogen) atoms. The van der Waals surface area contributed by atoms with Crippen LogP contribution in [0.2, 0.25) is 0 Å². The van der Waals surface area contributed by atoms with E-state index in [9.17, 15) is 0 Å². The molecule has 0 aliphatic carbocycles. The van der Waals surface area contributed by atoms with Crippen molar-refractivity contribution in [2.24, 2.45) is 0 Å². The number of benzene rings is 8. The van der Waals surface area contributed by atoms with Crippen LogP contribution in [0.4, 0.5) is 0 Å². The summed E-state index contributed by atoms with van der Waals surface area (Å²) in [5.74, 6) is 2.91. The Kier molecular flexibility index (Phi) is 12.5. The SMILES string of the molecule is Cc1cc(C)c(-c2ccc3c(c2OP(c2ccccc2)c2ccccc2)-c2c(ccc(-c4c(C)cc(C)cc4C)c2OP(c2ccccc2)c2ccccc2)OCCCO3)c(C)c1. The van der Waals surface area contributed by atoms with Crippen molar-refractivity contribution in [1.82, 2.24) is 0 Å². The Hall–Kier alpha value is -6.18. The molecule has 4 nitrogen and oxygen atoms in total. The van der Waals surface area contributed by atoms with Gasteiger partial charge in [-0.3, -0.25) is 0 Å². The molecule has 6 heteroatoms. The molecule has 0 aromatic heterocycles. The van der Waals surface area contributed by atoms with Crippen LogP contribution in [0.1, 0.15) is 39.8 Å². The van der Waals surface area contributed by atoms with Crippen LogP contribution in [0.3, 0.4) is 0 Å². The van der Waals surface area contributed by atoms with Crippen LogP contribution < -0.4 is 39.7 Å². The Bertz CT molecular complexity index is 2560. The highest BCUT2D eigenvalue weighted by Gasteiger charge is 2.33. The molecule has 1 aliphatic rings. The largest absolute Gasteiger partial charge is 0.493 e. The fraction of sp³-hybridized carbons (Fsp3) is 0.158. The normalized spacial score (nSPS) is 12.3. The first-order chi connectivity index (χ1) is 30.7. The maximum absolute atomic E-state index is 7.82. The Labute approximate surface area is 375 Å². The van der Waals surface area contributed by atoms with E-state index < -0.39 is 16.3 Å². The predicted octanol–water partition coefficient (Wildman–Crippen LogP) is 13.6. The van der Waals surface area contributed by atoms with Crippen LogP contribution in [-0.2, 0) is 0 Å². The summed E-state index contributed by atoms with van der Waals surface area (Å²) in [6, 6.07) is 60.1. The lowest BCUT2D eigenvalue weighted by atomic mass is 9.87. The van der Waals surface area contributed by atoms with Crippen molar-refractivity contribution in [2.45, 2.75) is 48.0 Å². The lowest BCUT2D eigenvalue weighted by Crippen LogP contribution is -2.17. The zero-order chi connectivity index (χ0) is 43.5. The van der Waals surface area contributed by atoms with Gasteiger partial charge in [-0.2, -0.15) is 0 Å². The van der Waals surface area contributed by atoms with Gasteiger partial charge in [0.2, 0.25) is 0 Å². The predicted molar refractivity (Wildman–Crippen MR) is 266 cm³/mol. The zero-order valence-electron chi connectivity index (χ0n) is 36.8. The summed E-state index contributed by atoms with van der Waals surface area (Å²) in [7, 11) is -2.77. The third-order valence-corrected chi connectivity index (χ3v) is 15.3. The summed E-state index contributed by atoms with van der Waals surface area (Å²) in [5, 5.41) is 4.42. The van der Waals surface area contributed by atoms with Crippen molar-refractivity contribution < 1.29 is 18.5 Å². The van der Waals surface area contributed by atoms with Crippen LogP contribution in [0, 0.1) is 41.5 Å². The summed E-state index contributed by atoms with van der Waals surface area (Å²) in [6.45, 7) is 14.1. The second-order valence-corrected chi connectivity index (χ2v) is 20.0. The molecular formula is C57H52O4P2. The van der Waals surface area contributed by atoms with Crippen molar-refractivity contribution in [2.75, 3.05) is 13.2 Å². The molecule has 8 aromatic rings. The van der Waals surface area contributed by atoms with E-state index in [1.165, 1.54) is 33.4 Å². The number of rotatable bonds is 10. The molecule has 0 saturated carbocycles. The molecule has 0 saturated heterocycles. The van der Waals surface area contributed by atoms with Gasteiger partial charge in [0, 0.05) is 38.8 Å². The molecule has 1 heterocycles. The zero-order valence-corrected chi connectivity index (χ0v) is 38.6. The van der Waals surface area contributed by atoms with Crippen molar-refractivity contribution in [3.63, 3.8) is 0 Å². The van der Waals surface area contributed by atoms with E-state index in [0.717, 1.165) is 77.6 Å². The summed E-state index contributed by atoms with van der Waals surface area (Å²) in [5.41, 5.74) is 13.0. The lowest BCUT2D eigenvalue weighted by Gasteiger charge is -2.29. The Morgan fingerprint density at radius 1 is 0.365 bits per heavy atom. The van der Waals surface area contributed by atoms with E-state index in [1.807, 2.05) is 0 Å². The minimum atomic E-state index is -1.38. The molecule has 314 valence electrons. The number of hydrogen-bond donors (Lipinski definition) is 0. The molecule has 0 bridgehead atoms. The van der Waals surface area contributed by atoms with Gasteiger partial charge in [-0.05, 0) is 99.2 Å². The fourth-order valence-corrected chi connectivity index (χ4v) is 12.5. The van der Waals surface area contributed by atoms with E-state index >= 15 is 0 Å². The summed E-state index contributed by atoms with van der Waals surface area (Å²) in [6.07, 6.45) is 0.711. The van der Waals surface area contributed by atoms with Gasteiger partial charge in [0.1, 0.15) is 23.0 Å². The summed E-state index contributed by atoms with van der Waals surface area (Å²) >= 11 is 0. The molecule has 8 aromatic carbocycles. The minimum Gasteiger partial charge on any atom is -0.493 e. The van der Waals surface area contributed by atoms with Crippen molar-refractivity contribution in [1.29, 1.82) is 0 Å². The second-order valence-electron chi connectivity index (χ2n) is 16.3. The van der Waals surface area contributed by atoms with Crippen molar-refractivity contribution >= 4 is 37.5 Å². The molecule has 0 atom stereocenters. The van der Waals surface area contributed by atoms with Gasteiger partial charge in [-0.25, -0.2) is 0 Å². The van der Waals surface area contributed by atoms with Crippen LogP contribution in [-0.4, -0.2) is 13.2 Å². The number of ether oxygens (including phenoxy) is 2. The first kappa shape index (κ1) is 42.1. The molecule has 9 rings (SSSR count). The average molecular weight is 863 g/mol. The fourth-order valence-electron chi connectivity index (χ4n) is 9.00. The van der Waals surface area contributed by atoms with E-state index in [2.05, 4.69) is 211 Å². The maximum Gasteiger partial charge on any atom is 0.150 e. The molecule has 0 radical (unpaired) electrons. The third-order valence-electron chi connectivity index (χ3n) is 11.5. The highest BCUT2D eigenvalue weighted by molar-refractivity contribution is 7.69. The monoisotopic (exact) mass is 862 g/mol. The first-order valence-electron chi connectivity index (χ1n) is 21.7. The summed E-state index contributed by atoms with van der Waals surface area (Å²) < 4.78 is 29.5. The van der Waals surface area contributed by atoms with Gasteiger partial charge in [0.25, 0.3) is 0 Å². The van der Waals surface area contributed by atoms with E-state index in [-0.39, 0.29) is 0 Å². The standard InChI is InChI=1S/C57H52O4P2/c1-38-34-40(3)52(41(4)35-38)48-28-30-50-54(56(48)60-62(44-20-11-7-12-21-44)45-22-13-8-14-23-45)55-51(59-33-19-32-58-50)31-29-49(53-42(5)36-39(2)37-43(53)6)57(55)61-63(46-24-15-9-16-25-46)47-26-17-10-18-27-47/h7-18,20-31,34-37H,19,32-33H2,1-6H3. The molecule has 0 N–H and O–H groups in total. The number of aryl methyl sites for hydroxylation is 6. The van der Waals surface area contributed by atoms with Gasteiger partial charge in [-0.15, -0.1) is 0 Å². The molecular weight excluding hydrogens is 811 g/mol. The second kappa shape index (κ2) is 18.7. The van der Waals surface area contributed by atoms with Crippen LogP contribution in [0.5, 0.6) is 23.0 Å². The van der Waals surface area contributed by atoms with E-state index in [0.29, 0.717) is 19.6 Å². The Balaban J connectivity index is 1.42. The van der Waals surface area contributed by atoms with Gasteiger partial charge < -0.3 is 18.5 Å². The van der Waals surface area contributed by atoms with Gasteiger partial charge in [0.05, 0.1) is 24.3 Å². The van der Waals surface area contributed by atoms with E-state index in [4.69, 9.17) is 18.5 Å².